The smallest absolute Gasteiger partial charge is 0.123 e. The molecule has 0 bridgehead atoms. The van der Waals surface area contributed by atoms with Crippen LogP contribution in [0.5, 0.6) is 5.75 Å². The quantitative estimate of drug-likeness (QED) is 0.766. The van der Waals surface area contributed by atoms with E-state index < -0.39 is 6.10 Å². The maximum atomic E-state index is 9.90. The Morgan fingerprint density at radius 2 is 2.17 bits per heavy atom. The van der Waals surface area contributed by atoms with Gasteiger partial charge in [0.2, 0.25) is 0 Å². The average Bonchev–Trinajstić information content (AvgIpc) is 2.38. The molecule has 1 aromatic rings. The van der Waals surface area contributed by atoms with E-state index in [1.165, 1.54) is 0 Å². The van der Waals surface area contributed by atoms with Gasteiger partial charge in [-0.1, -0.05) is 6.07 Å². The van der Waals surface area contributed by atoms with E-state index in [9.17, 15) is 15.3 Å². The lowest BCUT2D eigenvalue weighted by atomic mass is 10.0. The highest BCUT2D eigenvalue weighted by Crippen LogP contribution is 2.31. The van der Waals surface area contributed by atoms with Crippen LogP contribution in [0.3, 0.4) is 0 Å². The van der Waals surface area contributed by atoms with Crippen LogP contribution in [0.4, 0.5) is 5.69 Å². The van der Waals surface area contributed by atoms with Gasteiger partial charge in [0.1, 0.15) is 5.75 Å². The minimum Gasteiger partial charge on any atom is -0.507 e. The molecule has 2 atom stereocenters. The van der Waals surface area contributed by atoms with Gasteiger partial charge in [0.15, 0.2) is 0 Å². The van der Waals surface area contributed by atoms with Crippen LogP contribution < -0.4 is 4.90 Å². The molecular weight excluding hydrogens is 230 g/mol. The number of aliphatic hydroxyl groups is 2. The second-order valence-electron chi connectivity index (χ2n) is 4.94. The number of hydrogen-bond donors (Lipinski definition) is 3. The zero-order chi connectivity index (χ0) is 13.1. The molecule has 1 saturated heterocycles. The van der Waals surface area contributed by atoms with Gasteiger partial charge in [0, 0.05) is 23.9 Å². The first-order valence-corrected chi connectivity index (χ1v) is 6.52. The third-order valence-corrected chi connectivity index (χ3v) is 3.63. The van der Waals surface area contributed by atoms with E-state index >= 15 is 0 Å². The van der Waals surface area contributed by atoms with Crippen molar-refractivity contribution in [2.45, 2.75) is 38.3 Å². The highest BCUT2D eigenvalue weighted by Gasteiger charge is 2.22. The third kappa shape index (κ3) is 2.60. The number of piperidine rings is 1. The predicted molar refractivity (Wildman–Crippen MR) is 70.8 cm³/mol. The van der Waals surface area contributed by atoms with Crippen LogP contribution in [0, 0.1) is 0 Å². The minimum absolute atomic E-state index is 0.116. The van der Waals surface area contributed by atoms with E-state index in [0.717, 1.165) is 31.5 Å². The first-order chi connectivity index (χ1) is 8.63. The van der Waals surface area contributed by atoms with Gasteiger partial charge in [0.25, 0.3) is 0 Å². The number of rotatable bonds is 3. The van der Waals surface area contributed by atoms with Crippen molar-refractivity contribution in [1.29, 1.82) is 0 Å². The van der Waals surface area contributed by atoms with Crippen molar-refractivity contribution in [2.24, 2.45) is 0 Å². The molecule has 1 fully saturated rings. The highest BCUT2D eigenvalue weighted by atomic mass is 16.3. The summed E-state index contributed by atoms with van der Waals surface area (Å²) >= 11 is 0. The second-order valence-corrected chi connectivity index (χ2v) is 4.94. The molecule has 0 aromatic heterocycles. The lowest BCUT2D eigenvalue weighted by Crippen LogP contribution is -2.41. The van der Waals surface area contributed by atoms with Crippen molar-refractivity contribution in [3.8, 4) is 5.75 Å². The molecule has 0 amide bonds. The maximum Gasteiger partial charge on any atom is 0.123 e. The van der Waals surface area contributed by atoms with E-state index in [4.69, 9.17) is 0 Å². The molecule has 2 rings (SSSR count). The van der Waals surface area contributed by atoms with Gasteiger partial charge in [-0.05, 0) is 32.3 Å². The topological polar surface area (TPSA) is 63.9 Å². The van der Waals surface area contributed by atoms with E-state index in [1.54, 1.807) is 19.1 Å². The molecule has 3 N–H and O–H groups in total. The highest BCUT2D eigenvalue weighted by molar-refractivity contribution is 5.54. The van der Waals surface area contributed by atoms with Gasteiger partial charge >= 0.3 is 0 Å². The number of aromatic hydroxyl groups is 1. The van der Waals surface area contributed by atoms with Crippen LogP contribution in [-0.4, -0.2) is 34.5 Å². The van der Waals surface area contributed by atoms with Crippen LogP contribution >= 0.6 is 0 Å². The number of anilines is 1. The Balaban J connectivity index is 2.24. The lowest BCUT2D eigenvalue weighted by molar-refractivity contribution is 0.195. The summed E-state index contributed by atoms with van der Waals surface area (Å²) in [6.07, 6.45) is 2.55. The molecule has 4 nitrogen and oxygen atoms in total. The predicted octanol–water partition coefficient (Wildman–Crippen LogP) is 1.80. The van der Waals surface area contributed by atoms with Gasteiger partial charge in [-0.2, -0.15) is 0 Å². The lowest BCUT2D eigenvalue weighted by Gasteiger charge is -2.36. The van der Waals surface area contributed by atoms with Crippen LogP contribution in [-0.2, 0) is 0 Å². The third-order valence-electron chi connectivity index (χ3n) is 3.63. The fourth-order valence-corrected chi connectivity index (χ4v) is 2.59. The number of phenolic OH excluding ortho intramolecular Hbond substituents is 1. The van der Waals surface area contributed by atoms with Gasteiger partial charge in [-0.15, -0.1) is 0 Å². The maximum absolute atomic E-state index is 9.90. The van der Waals surface area contributed by atoms with E-state index in [-0.39, 0.29) is 18.4 Å². The zero-order valence-electron chi connectivity index (χ0n) is 10.7. The summed E-state index contributed by atoms with van der Waals surface area (Å²) in [5, 5.41) is 28.8. The van der Waals surface area contributed by atoms with Gasteiger partial charge < -0.3 is 20.2 Å². The summed E-state index contributed by atoms with van der Waals surface area (Å²) in [5.41, 5.74) is 1.45. The molecule has 1 aliphatic rings. The molecule has 1 heterocycles. The van der Waals surface area contributed by atoms with Gasteiger partial charge in [-0.25, -0.2) is 0 Å². The number of phenols is 1. The minimum atomic E-state index is -0.672. The summed E-state index contributed by atoms with van der Waals surface area (Å²) in [6.45, 7) is 2.67. The molecule has 0 aliphatic carbocycles. The number of aliphatic hydroxyl groups excluding tert-OH is 2. The molecule has 0 spiro atoms. The monoisotopic (exact) mass is 251 g/mol. The standard InChI is InChI=1S/C14H21NO3/c1-10(17)13-6-5-11(8-14(13)18)15-7-3-2-4-12(15)9-16/h5-6,8,10,12,16-18H,2-4,7,9H2,1H3. The Morgan fingerprint density at radius 3 is 2.78 bits per heavy atom. The summed E-state index contributed by atoms with van der Waals surface area (Å²) in [6, 6.07) is 5.46. The summed E-state index contributed by atoms with van der Waals surface area (Å²) < 4.78 is 0. The number of benzene rings is 1. The second kappa shape index (κ2) is 5.59. The van der Waals surface area contributed by atoms with Crippen molar-refractivity contribution < 1.29 is 15.3 Å². The van der Waals surface area contributed by atoms with Crippen molar-refractivity contribution >= 4 is 5.69 Å². The van der Waals surface area contributed by atoms with E-state index in [1.807, 2.05) is 6.07 Å². The van der Waals surface area contributed by atoms with E-state index in [2.05, 4.69) is 4.90 Å². The molecule has 100 valence electrons. The fraction of sp³-hybridized carbons (Fsp3) is 0.571. The van der Waals surface area contributed by atoms with Crippen LogP contribution in [0.25, 0.3) is 0 Å². The molecule has 0 radical (unpaired) electrons. The van der Waals surface area contributed by atoms with Crippen molar-refractivity contribution in [3.05, 3.63) is 23.8 Å². The molecule has 0 saturated carbocycles. The molecular formula is C14H21NO3. The molecule has 1 aliphatic heterocycles. The zero-order valence-corrected chi connectivity index (χ0v) is 10.7. The van der Waals surface area contributed by atoms with E-state index in [0.29, 0.717) is 5.56 Å². The SMILES string of the molecule is CC(O)c1ccc(N2CCCCC2CO)cc1O. The largest absolute Gasteiger partial charge is 0.507 e. The van der Waals surface area contributed by atoms with Crippen LogP contribution in [0.2, 0.25) is 0 Å². The van der Waals surface area contributed by atoms with Gasteiger partial charge in [0.05, 0.1) is 18.8 Å². The Morgan fingerprint density at radius 1 is 1.39 bits per heavy atom. The summed E-state index contributed by atoms with van der Waals surface area (Å²) in [4.78, 5) is 2.13. The Bertz CT molecular complexity index is 406. The van der Waals surface area contributed by atoms with Crippen LogP contribution in [0.1, 0.15) is 37.9 Å². The normalized spacial score (nSPS) is 21.9. The molecule has 2 unspecified atom stereocenters. The summed E-state index contributed by atoms with van der Waals surface area (Å²) in [5.74, 6) is 0.116. The first-order valence-electron chi connectivity index (χ1n) is 6.52. The fourth-order valence-electron chi connectivity index (χ4n) is 2.59. The first kappa shape index (κ1) is 13.2. The van der Waals surface area contributed by atoms with Crippen molar-refractivity contribution in [1.82, 2.24) is 0 Å². The number of nitrogens with zero attached hydrogens (tertiary/aromatic N) is 1. The Hall–Kier alpha value is -1.26. The number of hydrogen-bond acceptors (Lipinski definition) is 4. The molecule has 1 aromatic carbocycles. The molecule has 4 heteroatoms. The van der Waals surface area contributed by atoms with Crippen molar-refractivity contribution in [2.75, 3.05) is 18.1 Å². The summed E-state index contributed by atoms with van der Waals surface area (Å²) in [7, 11) is 0. The Labute approximate surface area is 107 Å². The van der Waals surface area contributed by atoms with Crippen molar-refractivity contribution in [3.63, 3.8) is 0 Å². The average molecular weight is 251 g/mol. The van der Waals surface area contributed by atoms with Gasteiger partial charge in [-0.3, -0.25) is 0 Å². The Kier molecular flexibility index (Phi) is 4.09. The van der Waals surface area contributed by atoms with Crippen LogP contribution in [0.15, 0.2) is 18.2 Å². The molecule has 18 heavy (non-hydrogen) atoms.